The molecule has 1 fully saturated rings. The van der Waals surface area contributed by atoms with E-state index in [0.29, 0.717) is 30.2 Å². The molecular formula is C20H24N2O4. The second-order valence-corrected chi connectivity index (χ2v) is 6.04. The predicted molar refractivity (Wildman–Crippen MR) is 101 cm³/mol. The number of rotatable bonds is 5. The van der Waals surface area contributed by atoms with Crippen LogP contribution < -0.4 is 19.1 Å². The molecule has 0 unspecified atom stereocenters. The van der Waals surface area contributed by atoms with E-state index in [1.165, 1.54) is 0 Å². The Morgan fingerprint density at radius 3 is 2.00 bits per heavy atom. The van der Waals surface area contributed by atoms with Gasteiger partial charge in [0.25, 0.3) is 5.91 Å². The average molecular weight is 356 g/mol. The molecule has 0 radical (unpaired) electrons. The minimum Gasteiger partial charge on any atom is -0.497 e. The molecule has 26 heavy (non-hydrogen) atoms. The summed E-state index contributed by atoms with van der Waals surface area (Å²) < 4.78 is 15.8. The number of carbonyl (C=O) groups excluding carboxylic acids is 1. The van der Waals surface area contributed by atoms with Gasteiger partial charge in [0.15, 0.2) is 0 Å². The highest BCUT2D eigenvalue weighted by molar-refractivity contribution is 5.97. The molecule has 2 aromatic rings. The third kappa shape index (κ3) is 3.69. The molecule has 0 bridgehead atoms. The van der Waals surface area contributed by atoms with Crippen LogP contribution in [-0.4, -0.2) is 58.3 Å². The van der Waals surface area contributed by atoms with Crippen LogP contribution in [0.2, 0.25) is 0 Å². The number of hydrogen-bond donors (Lipinski definition) is 0. The first-order chi connectivity index (χ1) is 12.7. The van der Waals surface area contributed by atoms with Gasteiger partial charge in [-0.05, 0) is 42.5 Å². The van der Waals surface area contributed by atoms with Crippen molar-refractivity contribution in [1.29, 1.82) is 0 Å². The average Bonchev–Trinajstić information content (AvgIpc) is 2.73. The van der Waals surface area contributed by atoms with Crippen molar-refractivity contribution in [3.8, 4) is 17.2 Å². The van der Waals surface area contributed by atoms with Crippen molar-refractivity contribution in [1.82, 2.24) is 4.90 Å². The van der Waals surface area contributed by atoms with Gasteiger partial charge in [-0.25, -0.2) is 0 Å². The number of ether oxygens (including phenoxy) is 3. The Labute approximate surface area is 153 Å². The predicted octanol–water partition coefficient (Wildman–Crippen LogP) is 2.67. The zero-order chi connectivity index (χ0) is 18.5. The van der Waals surface area contributed by atoms with Gasteiger partial charge in [-0.2, -0.15) is 0 Å². The molecule has 0 spiro atoms. The van der Waals surface area contributed by atoms with Crippen LogP contribution in [0.1, 0.15) is 10.4 Å². The molecule has 0 atom stereocenters. The van der Waals surface area contributed by atoms with E-state index < -0.39 is 0 Å². The van der Waals surface area contributed by atoms with Gasteiger partial charge in [0.2, 0.25) is 0 Å². The van der Waals surface area contributed by atoms with E-state index in [1.54, 1.807) is 39.5 Å². The summed E-state index contributed by atoms with van der Waals surface area (Å²) in [5.41, 5.74) is 1.67. The third-order valence-corrected chi connectivity index (χ3v) is 4.64. The Kier molecular flexibility index (Phi) is 5.51. The molecule has 6 heteroatoms. The number of benzene rings is 2. The summed E-state index contributed by atoms with van der Waals surface area (Å²) in [4.78, 5) is 17.1. The summed E-state index contributed by atoms with van der Waals surface area (Å²) in [5, 5.41) is 0. The van der Waals surface area contributed by atoms with Gasteiger partial charge in [0, 0.05) is 31.9 Å². The molecule has 1 amide bonds. The highest BCUT2D eigenvalue weighted by atomic mass is 16.5. The molecule has 6 nitrogen and oxygen atoms in total. The highest BCUT2D eigenvalue weighted by Gasteiger charge is 2.25. The van der Waals surface area contributed by atoms with Crippen molar-refractivity contribution in [2.24, 2.45) is 0 Å². The third-order valence-electron chi connectivity index (χ3n) is 4.64. The summed E-state index contributed by atoms with van der Waals surface area (Å²) in [6, 6.07) is 13.3. The number of piperazine rings is 1. The fraction of sp³-hybridized carbons (Fsp3) is 0.350. The molecule has 1 aliphatic heterocycles. The van der Waals surface area contributed by atoms with Gasteiger partial charge < -0.3 is 24.0 Å². The fourth-order valence-electron chi connectivity index (χ4n) is 3.11. The van der Waals surface area contributed by atoms with Gasteiger partial charge in [0.1, 0.15) is 17.2 Å². The number of methoxy groups -OCH3 is 3. The minimum atomic E-state index is -0.0323. The minimum absolute atomic E-state index is 0.0323. The molecule has 1 aliphatic rings. The highest BCUT2D eigenvalue weighted by Crippen LogP contribution is 2.26. The van der Waals surface area contributed by atoms with E-state index >= 15 is 0 Å². The Bertz CT molecular complexity index is 753. The van der Waals surface area contributed by atoms with Crippen molar-refractivity contribution in [2.75, 3.05) is 52.4 Å². The standard InChI is InChI=1S/C20H24N2O4/c1-24-16-6-4-15(5-7-16)21-10-12-22(13-11-21)20(23)18-14-17(25-2)8-9-19(18)26-3/h4-9,14H,10-13H2,1-3H3. The van der Waals surface area contributed by atoms with Crippen molar-refractivity contribution in [2.45, 2.75) is 0 Å². The van der Waals surface area contributed by atoms with Crippen molar-refractivity contribution in [3.63, 3.8) is 0 Å². The van der Waals surface area contributed by atoms with E-state index in [9.17, 15) is 4.79 Å². The van der Waals surface area contributed by atoms with E-state index in [1.807, 2.05) is 29.2 Å². The normalized spacial score (nSPS) is 14.1. The molecular weight excluding hydrogens is 332 g/mol. The van der Waals surface area contributed by atoms with E-state index in [-0.39, 0.29) is 5.91 Å². The van der Waals surface area contributed by atoms with Crippen molar-refractivity contribution >= 4 is 11.6 Å². The van der Waals surface area contributed by atoms with Gasteiger partial charge in [-0.1, -0.05) is 0 Å². The number of amides is 1. The number of carbonyl (C=O) groups is 1. The largest absolute Gasteiger partial charge is 0.497 e. The monoisotopic (exact) mass is 356 g/mol. The molecule has 0 N–H and O–H groups in total. The van der Waals surface area contributed by atoms with Crippen molar-refractivity contribution < 1.29 is 19.0 Å². The quantitative estimate of drug-likeness (QED) is 0.824. The lowest BCUT2D eigenvalue weighted by Crippen LogP contribution is -2.48. The lowest BCUT2D eigenvalue weighted by Gasteiger charge is -2.36. The summed E-state index contributed by atoms with van der Waals surface area (Å²) >= 11 is 0. The van der Waals surface area contributed by atoms with Gasteiger partial charge in [-0.15, -0.1) is 0 Å². The number of nitrogens with zero attached hydrogens (tertiary/aromatic N) is 2. The summed E-state index contributed by atoms with van der Waals surface area (Å²) in [6.45, 7) is 2.88. The fourth-order valence-corrected chi connectivity index (χ4v) is 3.11. The molecule has 2 aromatic carbocycles. The Balaban J connectivity index is 1.68. The van der Waals surface area contributed by atoms with Gasteiger partial charge in [-0.3, -0.25) is 4.79 Å². The Morgan fingerprint density at radius 2 is 1.42 bits per heavy atom. The first-order valence-electron chi connectivity index (χ1n) is 8.56. The molecule has 3 rings (SSSR count). The summed E-state index contributed by atoms with van der Waals surface area (Å²) in [6.07, 6.45) is 0. The maximum Gasteiger partial charge on any atom is 0.257 e. The topological polar surface area (TPSA) is 51.2 Å². The molecule has 0 saturated carbocycles. The van der Waals surface area contributed by atoms with Gasteiger partial charge in [0.05, 0.1) is 26.9 Å². The molecule has 0 aromatic heterocycles. The Hall–Kier alpha value is -2.89. The zero-order valence-corrected chi connectivity index (χ0v) is 15.4. The van der Waals surface area contributed by atoms with E-state index in [2.05, 4.69) is 4.90 Å². The number of hydrogen-bond acceptors (Lipinski definition) is 5. The van der Waals surface area contributed by atoms with Crippen LogP contribution in [0.4, 0.5) is 5.69 Å². The first-order valence-corrected chi connectivity index (χ1v) is 8.56. The number of anilines is 1. The molecule has 0 aliphatic carbocycles. The molecule has 1 saturated heterocycles. The summed E-state index contributed by atoms with van der Waals surface area (Å²) in [5.74, 6) is 2.02. The smallest absolute Gasteiger partial charge is 0.257 e. The SMILES string of the molecule is COc1ccc(N2CCN(C(=O)c3cc(OC)ccc3OC)CC2)cc1. The second kappa shape index (κ2) is 7.99. The maximum atomic E-state index is 12.9. The van der Waals surface area contributed by atoms with Crippen molar-refractivity contribution in [3.05, 3.63) is 48.0 Å². The van der Waals surface area contributed by atoms with E-state index in [0.717, 1.165) is 24.5 Å². The van der Waals surface area contributed by atoms with Crippen LogP contribution >= 0.6 is 0 Å². The van der Waals surface area contributed by atoms with Crippen LogP contribution in [0.3, 0.4) is 0 Å². The lowest BCUT2D eigenvalue weighted by atomic mass is 10.1. The lowest BCUT2D eigenvalue weighted by molar-refractivity contribution is 0.0743. The second-order valence-electron chi connectivity index (χ2n) is 6.04. The Morgan fingerprint density at radius 1 is 0.808 bits per heavy atom. The van der Waals surface area contributed by atoms with Gasteiger partial charge >= 0.3 is 0 Å². The van der Waals surface area contributed by atoms with E-state index in [4.69, 9.17) is 14.2 Å². The van der Waals surface area contributed by atoms with Crippen LogP contribution in [0, 0.1) is 0 Å². The molecule has 138 valence electrons. The van der Waals surface area contributed by atoms with Crippen LogP contribution in [0.25, 0.3) is 0 Å². The first kappa shape index (κ1) is 17.9. The zero-order valence-electron chi connectivity index (χ0n) is 15.4. The summed E-state index contributed by atoms with van der Waals surface area (Å²) in [7, 11) is 4.82. The maximum absolute atomic E-state index is 12.9. The van der Waals surface area contributed by atoms with Crippen LogP contribution in [0.15, 0.2) is 42.5 Å². The van der Waals surface area contributed by atoms with Crippen LogP contribution in [0.5, 0.6) is 17.2 Å². The van der Waals surface area contributed by atoms with Crippen LogP contribution in [-0.2, 0) is 0 Å². The molecule has 1 heterocycles.